The average molecular weight is 258 g/mol. The number of hydrogen-bond acceptors (Lipinski definition) is 5. The Balaban J connectivity index is 2.90. The van der Waals surface area contributed by atoms with E-state index in [0.717, 1.165) is 16.1 Å². The standard InChI is InChI=1S/C11H14O3S2/c12-4-6-15-10-3-1-2-9(8-14)11(10)16-7-5-13/h1-3,8,12-13H,4-7H2. The summed E-state index contributed by atoms with van der Waals surface area (Å²) in [5.41, 5.74) is 0.640. The molecule has 88 valence electrons. The van der Waals surface area contributed by atoms with Crippen molar-refractivity contribution >= 4 is 29.8 Å². The minimum Gasteiger partial charge on any atom is -0.396 e. The number of thioether (sulfide) groups is 2. The van der Waals surface area contributed by atoms with Gasteiger partial charge >= 0.3 is 0 Å². The van der Waals surface area contributed by atoms with Gasteiger partial charge in [-0.25, -0.2) is 0 Å². The second-order valence-corrected chi connectivity index (χ2v) is 5.18. The SMILES string of the molecule is O=Cc1cccc(SCCO)c1SCCO. The summed E-state index contributed by atoms with van der Waals surface area (Å²) in [6.45, 7) is 0.196. The third-order valence-electron chi connectivity index (χ3n) is 1.82. The number of hydrogen-bond donors (Lipinski definition) is 2. The van der Waals surface area contributed by atoms with E-state index in [2.05, 4.69) is 0 Å². The lowest BCUT2D eigenvalue weighted by atomic mass is 10.2. The van der Waals surface area contributed by atoms with Crippen LogP contribution in [0.3, 0.4) is 0 Å². The van der Waals surface area contributed by atoms with Gasteiger partial charge in [0, 0.05) is 26.9 Å². The molecule has 0 atom stereocenters. The Morgan fingerprint density at radius 1 is 1.12 bits per heavy atom. The van der Waals surface area contributed by atoms with Gasteiger partial charge in [-0.3, -0.25) is 4.79 Å². The minimum atomic E-state index is 0.0853. The molecule has 1 aromatic carbocycles. The van der Waals surface area contributed by atoms with Crippen molar-refractivity contribution in [2.24, 2.45) is 0 Å². The normalized spacial score (nSPS) is 10.4. The second kappa shape index (κ2) is 7.73. The lowest BCUT2D eigenvalue weighted by Gasteiger charge is -2.09. The Hall–Kier alpha value is -0.490. The molecule has 1 aromatic rings. The molecule has 16 heavy (non-hydrogen) atoms. The van der Waals surface area contributed by atoms with E-state index in [1.807, 2.05) is 12.1 Å². The van der Waals surface area contributed by atoms with E-state index in [0.29, 0.717) is 17.1 Å². The Kier molecular flexibility index (Phi) is 6.56. The molecule has 0 aromatic heterocycles. The molecule has 1 rings (SSSR count). The Morgan fingerprint density at radius 3 is 2.44 bits per heavy atom. The number of rotatable bonds is 7. The zero-order valence-corrected chi connectivity index (χ0v) is 10.4. The van der Waals surface area contributed by atoms with Crippen molar-refractivity contribution in [2.45, 2.75) is 9.79 Å². The van der Waals surface area contributed by atoms with Crippen LogP contribution >= 0.6 is 23.5 Å². The summed E-state index contributed by atoms with van der Waals surface area (Å²) in [6, 6.07) is 5.51. The number of aliphatic hydroxyl groups is 2. The molecule has 0 aliphatic heterocycles. The van der Waals surface area contributed by atoms with Crippen molar-refractivity contribution in [3.63, 3.8) is 0 Å². The highest BCUT2D eigenvalue weighted by Crippen LogP contribution is 2.32. The van der Waals surface area contributed by atoms with E-state index < -0.39 is 0 Å². The van der Waals surface area contributed by atoms with Crippen LogP contribution in [-0.2, 0) is 0 Å². The monoisotopic (exact) mass is 258 g/mol. The average Bonchev–Trinajstić information content (AvgIpc) is 2.33. The van der Waals surface area contributed by atoms with Gasteiger partial charge in [-0.1, -0.05) is 12.1 Å². The van der Waals surface area contributed by atoms with Crippen LogP contribution in [0, 0.1) is 0 Å². The summed E-state index contributed by atoms with van der Waals surface area (Å²) < 4.78 is 0. The van der Waals surface area contributed by atoms with Crippen LogP contribution in [0.4, 0.5) is 0 Å². The molecule has 0 heterocycles. The maximum atomic E-state index is 10.9. The number of carbonyl (C=O) groups is 1. The molecule has 5 heteroatoms. The van der Waals surface area contributed by atoms with Gasteiger partial charge in [0.2, 0.25) is 0 Å². The molecule has 0 aliphatic carbocycles. The molecule has 0 saturated heterocycles. The lowest BCUT2D eigenvalue weighted by Crippen LogP contribution is -1.94. The zero-order chi connectivity index (χ0) is 11.8. The van der Waals surface area contributed by atoms with Gasteiger partial charge < -0.3 is 10.2 Å². The summed E-state index contributed by atoms with van der Waals surface area (Å²) in [5, 5.41) is 17.6. The predicted molar refractivity (Wildman–Crippen MR) is 67.4 cm³/mol. The Labute approximate surface area is 103 Å². The quantitative estimate of drug-likeness (QED) is 0.575. The molecule has 0 spiro atoms. The molecule has 0 unspecified atom stereocenters. The molecular weight excluding hydrogens is 244 g/mol. The first-order chi connectivity index (χ1) is 7.83. The predicted octanol–water partition coefficient (Wildman–Crippen LogP) is 1.67. The smallest absolute Gasteiger partial charge is 0.151 e. The van der Waals surface area contributed by atoms with Crippen LogP contribution in [-0.4, -0.2) is 41.2 Å². The van der Waals surface area contributed by atoms with Crippen molar-refractivity contribution < 1.29 is 15.0 Å². The number of aldehydes is 1. The fourth-order valence-corrected chi connectivity index (χ4v) is 3.07. The van der Waals surface area contributed by atoms with Crippen LogP contribution in [0.15, 0.2) is 28.0 Å². The topological polar surface area (TPSA) is 57.5 Å². The highest BCUT2D eigenvalue weighted by atomic mass is 32.2. The first-order valence-electron chi connectivity index (χ1n) is 4.89. The maximum absolute atomic E-state index is 10.9. The minimum absolute atomic E-state index is 0.0853. The van der Waals surface area contributed by atoms with Gasteiger partial charge in [0.1, 0.15) is 0 Å². The van der Waals surface area contributed by atoms with E-state index in [-0.39, 0.29) is 13.2 Å². The van der Waals surface area contributed by atoms with Crippen molar-refractivity contribution in [3.05, 3.63) is 23.8 Å². The van der Waals surface area contributed by atoms with Gasteiger partial charge in [-0.2, -0.15) is 0 Å². The molecule has 0 fully saturated rings. The second-order valence-electron chi connectivity index (χ2n) is 2.94. The third kappa shape index (κ3) is 3.83. The fourth-order valence-electron chi connectivity index (χ4n) is 1.20. The van der Waals surface area contributed by atoms with Gasteiger partial charge in [0.25, 0.3) is 0 Å². The molecular formula is C11H14O3S2. The number of benzene rings is 1. The van der Waals surface area contributed by atoms with E-state index in [1.165, 1.54) is 23.5 Å². The molecule has 0 amide bonds. The van der Waals surface area contributed by atoms with E-state index in [9.17, 15) is 4.79 Å². The highest BCUT2D eigenvalue weighted by molar-refractivity contribution is 8.02. The summed E-state index contributed by atoms with van der Waals surface area (Å²) in [7, 11) is 0. The first-order valence-corrected chi connectivity index (χ1v) is 6.86. The van der Waals surface area contributed by atoms with Gasteiger partial charge in [0.15, 0.2) is 6.29 Å². The molecule has 0 bridgehead atoms. The highest BCUT2D eigenvalue weighted by Gasteiger charge is 2.08. The zero-order valence-electron chi connectivity index (χ0n) is 8.76. The number of carbonyl (C=O) groups excluding carboxylic acids is 1. The summed E-state index contributed by atoms with van der Waals surface area (Å²) in [6.07, 6.45) is 0.822. The van der Waals surface area contributed by atoms with Crippen LogP contribution in [0.1, 0.15) is 10.4 Å². The largest absolute Gasteiger partial charge is 0.396 e. The molecule has 0 saturated carbocycles. The van der Waals surface area contributed by atoms with Crippen molar-refractivity contribution in [3.8, 4) is 0 Å². The maximum Gasteiger partial charge on any atom is 0.151 e. The Morgan fingerprint density at radius 2 is 1.81 bits per heavy atom. The number of aliphatic hydroxyl groups excluding tert-OH is 2. The Bertz CT molecular complexity index is 342. The lowest BCUT2D eigenvalue weighted by molar-refractivity contribution is 0.112. The molecule has 3 nitrogen and oxygen atoms in total. The first kappa shape index (κ1) is 13.6. The summed E-state index contributed by atoms with van der Waals surface area (Å²) in [5.74, 6) is 1.17. The fraction of sp³-hybridized carbons (Fsp3) is 0.364. The molecule has 0 aliphatic rings. The van der Waals surface area contributed by atoms with Crippen molar-refractivity contribution in [1.82, 2.24) is 0 Å². The van der Waals surface area contributed by atoms with Crippen LogP contribution in [0.25, 0.3) is 0 Å². The van der Waals surface area contributed by atoms with E-state index >= 15 is 0 Å². The van der Waals surface area contributed by atoms with Gasteiger partial charge in [-0.15, -0.1) is 23.5 Å². The summed E-state index contributed by atoms with van der Waals surface area (Å²) >= 11 is 2.98. The van der Waals surface area contributed by atoms with Crippen molar-refractivity contribution in [1.29, 1.82) is 0 Å². The van der Waals surface area contributed by atoms with Gasteiger partial charge in [0.05, 0.1) is 13.2 Å². The summed E-state index contributed by atoms with van der Waals surface area (Å²) in [4.78, 5) is 12.8. The van der Waals surface area contributed by atoms with Crippen LogP contribution < -0.4 is 0 Å². The van der Waals surface area contributed by atoms with E-state index in [1.54, 1.807) is 6.07 Å². The van der Waals surface area contributed by atoms with Crippen molar-refractivity contribution in [2.75, 3.05) is 24.7 Å². The van der Waals surface area contributed by atoms with E-state index in [4.69, 9.17) is 10.2 Å². The van der Waals surface area contributed by atoms with Crippen LogP contribution in [0.2, 0.25) is 0 Å². The third-order valence-corrected chi connectivity index (χ3v) is 4.12. The molecule has 0 radical (unpaired) electrons. The van der Waals surface area contributed by atoms with Gasteiger partial charge in [-0.05, 0) is 6.07 Å². The molecule has 2 N–H and O–H groups in total. The van der Waals surface area contributed by atoms with Crippen LogP contribution in [0.5, 0.6) is 0 Å².